The lowest BCUT2D eigenvalue weighted by Gasteiger charge is -2.31. The summed E-state index contributed by atoms with van der Waals surface area (Å²) in [5, 5.41) is 5.73. The van der Waals surface area contributed by atoms with Gasteiger partial charge in [0.1, 0.15) is 5.82 Å². The van der Waals surface area contributed by atoms with Crippen LogP contribution < -0.4 is 15.5 Å². The molecule has 2 N–H and O–H groups in total. The van der Waals surface area contributed by atoms with E-state index in [1.807, 2.05) is 23.1 Å². The summed E-state index contributed by atoms with van der Waals surface area (Å²) < 4.78 is 14.1. The number of hydrogen-bond acceptors (Lipinski definition) is 4. The van der Waals surface area contributed by atoms with Crippen LogP contribution in [0.5, 0.6) is 0 Å². The molecule has 2 aromatic carbocycles. The minimum absolute atomic E-state index is 0.0138. The van der Waals surface area contributed by atoms with Gasteiger partial charge in [-0.1, -0.05) is 25.0 Å². The zero-order valence-corrected chi connectivity index (χ0v) is 22.5. The van der Waals surface area contributed by atoms with E-state index in [9.17, 15) is 18.8 Å². The van der Waals surface area contributed by atoms with Crippen LogP contribution in [0.15, 0.2) is 42.5 Å². The molecule has 2 aromatic rings. The number of nitrogens with one attached hydrogen (secondary N) is 2. The van der Waals surface area contributed by atoms with E-state index < -0.39 is 5.82 Å². The molecule has 2 saturated heterocycles. The average Bonchev–Trinajstić information content (AvgIpc) is 3.39. The molecule has 3 fully saturated rings. The van der Waals surface area contributed by atoms with Gasteiger partial charge in [0.15, 0.2) is 0 Å². The van der Waals surface area contributed by atoms with Crippen molar-refractivity contribution in [3.05, 3.63) is 53.8 Å². The van der Waals surface area contributed by atoms with Gasteiger partial charge in [-0.15, -0.1) is 0 Å². The zero-order chi connectivity index (χ0) is 27.2. The fourth-order valence-corrected chi connectivity index (χ4v) is 5.88. The second-order valence-corrected chi connectivity index (χ2v) is 10.8. The largest absolute Gasteiger partial charge is 0.369 e. The van der Waals surface area contributed by atoms with Gasteiger partial charge in [-0.05, 0) is 68.9 Å². The molecule has 2 heterocycles. The van der Waals surface area contributed by atoms with Gasteiger partial charge in [-0.3, -0.25) is 9.59 Å². The monoisotopic (exact) mass is 535 g/mol. The van der Waals surface area contributed by atoms with Crippen LogP contribution in [0.1, 0.15) is 61.7 Å². The normalized spacial score (nSPS) is 18.5. The number of carbonyl (C=O) groups is 3. The summed E-state index contributed by atoms with van der Waals surface area (Å²) in [7, 11) is 0. The Kier molecular flexibility index (Phi) is 8.64. The van der Waals surface area contributed by atoms with Crippen molar-refractivity contribution in [3.63, 3.8) is 0 Å². The molecule has 5 rings (SSSR count). The SMILES string of the molecule is O=C(Nc1ccc(N2CCCN(C(=O)Nc3ccccc3F)CC2)c(C(=O)N2CCCCC2)c1)C1CCCC1. The van der Waals surface area contributed by atoms with E-state index in [-0.39, 0.29) is 29.5 Å². The summed E-state index contributed by atoms with van der Waals surface area (Å²) >= 11 is 0. The van der Waals surface area contributed by atoms with Gasteiger partial charge < -0.3 is 25.3 Å². The van der Waals surface area contributed by atoms with Crippen LogP contribution in [-0.4, -0.2) is 66.9 Å². The van der Waals surface area contributed by atoms with Gasteiger partial charge >= 0.3 is 6.03 Å². The first-order valence-corrected chi connectivity index (χ1v) is 14.3. The Hall–Kier alpha value is -3.62. The third-order valence-corrected chi connectivity index (χ3v) is 8.10. The van der Waals surface area contributed by atoms with Crippen molar-refractivity contribution in [2.45, 2.75) is 51.4 Å². The number of nitrogens with zero attached hydrogens (tertiary/aromatic N) is 3. The van der Waals surface area contributed by atoms with Crippen molar-refractivity contribution in [1.82, 2.24) is 9.80 Å². The zero-order valence-electron chi connectivity index (χ0n) is 22.5. The van der Waals surface area contributed by atoms with E-state index in [2.05, 4.69) is 15.5 Å². The molecular formula is C30H38FN5O3. The second kappa shape index (κ2) is 12.5. The molecule has 9 heteroatoms. The van der Waals surface area contributed by atoms with Crippen LogP contribution >= 0.6 is 0 Å². The highest BCUT2D eigenvalue weighted by atomic mass is 19.1. The molecule has 39 heavy (non-hydrogen) atoms. The lowest BCUT2D eigenvalue weighted by molar-refractivity contribution is -0.119. The van der Waals surface area contributed by atoms with Gasteiger partial charge in [-0.2, -0.15) is 0 Å². The highest BCUT2D eigenvalue weighted by Crippen LogP contribution is 2.30. The summed E-state index contributed by atoms with van der Waals surface area (Å²) in [5.74, 6) is -0.413. The van der Waals surface area contributed by atoms with Gasteiger partial charge in [0, 0.05) is 56.6 Å². The number of rotatable bonds is 5. The summed E-state index contributed by atoms with van der Waals surface area (Å²) in [5.41, 5.74) is 2.22. The lowest BCUT2D eigenvalue weighted by atomic mass is 10.0. The smallest absolute Gasteiger partial charge is 0.321 e. The molecule has 0 unspecified atom stereocenters. The molecule has 1 aliphatic carbocycles. The number of urea groups is 1. The van der Waals surface area contributed by atoms with Crippen LogP contribution in [0, 0.1) is 11.7 Å². The molecule has 0 atom stereocenters. The van der Waals surface area contributed by atoms with Gasteiger partial charge in [0.2, 0.25) is 5.91 Å². The van der Waals surface area contributed by atoms with Crippen molar-refractivity contribution in [3.8, 4) is 0 Å². The van der Waals surface area contributed by atoms with Crippen LogP contribution in [0.3, 0.4) is 0 Å². The van der Waals surface area contributed by atoms with E-state index >= 15 is 0 Å². The van der Waals surface area contributed by atoms with Gasteiger partial charge in [-0.25, -0.2) is 9.18 Å². The van der Waals surface area contributed by atoms with Crippen LogP contribution in [0.2, 0.25) is 0 Å². The minimum Gasteiger partial charge on any atom is -0.369 e. The maximum atomic E-state index is 14.1. The third kappa shape index (κ3) is 6.52. The third-order valence-electron chi connectivity index (χ3n) is 8.10. The number of hydrogen-bond donors (Lipinski definition) is 2. The molecule has 1 saturated carbocycles. The van der Waals surface area contributed by atoms with Crippen molar-refractivity contribution in [1.29, 1.82) is 0 Å². The topological polar surface area (TPSA) is 85.0 Å². The van der Waals surface area contributed by atoms with Crippen molar-refractivity contribution < 1.29 is 18.8 Å². The Bertz CT molecular complexity index is 1190. The standard InChI is InChI=1S/C30H38FN5O3/c31-25-11-4-5-12-26(25)33-30(39)36-18-8-17-34(19-20-36)27-14-13-23(32-28(37)22-9-2-3-10-22)21-24(27)29(38)35-15-6-1-7-16-35/h4-5,11-14,21-22H,1-3,6-10,15-20H2,(H,32,37)(H,33,39). The Labute approximate surface area is 229 Å². The summed E-state index contributed by atoms with van der Waals surface area (Å²) in [6.07, 6.45) is 7.83. The number of para-hydroxylation sites is 1. The lowest BCUT2D eigenvalue weighted by Crippen LogP contribution is -2.39. The van der Waals surface area contributed by atoms with Crippen LogP contribution in [0.4, 0.5) is 26.2 Å². The Morgan fingerprint density at radius 2 is 1.49 bits per heavy atom. The number of halogens is 1. The fraction of sp³-hybridized carbons (Fsp3) is 0.500. The number of benzene rings is 2. The molecule has 0 bridgehead atoms. The molecular weight excluding hydrogens is 497 g/mol. The first kappa shape index (κ1) is 27.0. The van der Waals surface area contributed by atoms with Crippen molar-refractivity contribution >= 4 is 34.9 Å². The Morgan fingerprint density at radius 3 is 2.26 bits per heavy atom. The fourth-order valence-electron chi connectivity index (χ4n) is 5.88. The van der Waals surface area contributed by atoms with E-state index in [1.54, 1.807) is 23.1 Å². The molecule has 0 aromatic heterocycles. The summed E-state index contributed by atoms with van der Waals surface area (Å²) in [4.78, 5) is 45.2. The number of amides is 4. The second-order valence-electron chi connectivity index (χ2n) is 10.8. The molecule has 0 spiro atoms. The van der Waals surface area contributed by atoms with Gasteiger partial charge in [0.05, 0.1) is 11.3 Å². The number of likely N-dealkylation sites (tertiary alicyclic amines) is 1. The maximum absolute atomic E-state index is 14.1. The predicted molar refractivity (Wildman–Crippen MR) is 151 cm³/mol. The Balaban J connectivity index is 1.32. The van der Waals surface area contributed by atoms with Crippen molar-refractivity contribution in [2.75, 3.05) is 54.8 Å². The highest BCUT2D eigenvalue weighted by molar-refractivity contribution is 6.02. The highest BCUT2D eigenvalue weighted by Gasteiger charge is 2.27. The number of anilines is 3. The summed E-state index contributed by atoms with van der Waals surface area (Å²) in [6.45, 7) is 3.66. The predicted octanol–water partition coefficient (Wildman–Crippen LogP) is 5.32. The number of piperidine rings is 1. The van der Waals surface area contributed by atoms with E-state index in [0.717, 1.165) is 63.7 Å². The molecule has 3 aliphatic rings. The van der Waals surface area contributed by atoms with E-state index in [0.29, 0.717) is 43.9 Å². The Morgan fingerprint density at radius 1 is 0.744 bits per heavy atom. The number of carbonyl (C=O) groups excluding carboxylic acids is 3. The molecule has 2 aliphatic heterocycles. The minimum atomic E-state index is -0.469. The van der Waals surface area contributed by atoms with Crippen LogP contribution in [-0.2, 0) is 4.79 Å². The van der Waals surface area contributed by atoms with Crippen LogP contribution in [0.25, 0.3) is 0 Å². The average molecular weight is 536 g/mol. The summed E-state index contributed by atoms with van der Waals surface area (Å²) in [6, 6.07) is 11.4. The van der Waals surface area contributed by atoms with Crippen molar-refractivity contribution in [2.24, 2.45) is 5.92 Å². The quantitative estimate of drug-likeness (QED) is 0.543. The van der Waals surface area contributed by atoms with E-state index in [1.165, 1.54) is 6.07 Å². The van der Waals surface area contributed by atoms with E-state index in [4.69, 9.17) is 0 Å². The molecule has 8 nitrogen and oxygen atoms in total. The first-order valence-electron chi connectivity index (χ1n) is 14.3. The molecule has 0 radical (unpaired) electrons. The van der Waals surface area contributed by atoms with Gasteiger partial charge in [0.25, 0.3) is 5.91 Å². The molecule has 208 valence electrons. The maximum Gasteiger partial charge on any atom is 0.321 e. The molecule has 4 amide bonds. The first-order chi connectivity index (χ1) is 19.0.